The van der Waals surface area contributed by atoms with Crippen LogP contribution < -0.4 is 0 Å². The van der Waals surface area contributed by atoms with Crippen LogP contribution in [-0.4, -0.2) is 71.0 Å². The van der Waals surface area contributed by atoms with E-state index in [1.165, 1.54) is 0 Å². The molecule has 4 heterocycles. The largest absolute Gasteiger partial charge is 0.393 e. The summed E-state index contributed by atoms with van der Waals surface area (Å²) in [4.78, 5) is 0. The van der Waals surface area contributed by atoms with Crippen LogP contribution in [0.5, 0.6) is 0 Å². The molecule has 0 radical (unpaired) electrons. The molecule has 4 aliphatic rings. The van der Waals surface area contributed by atoms with Crippen molar-refractivity contribution in [2.75, 3.05) is 13.2 Å². The van der Waals surface area contributed by atoms with Crippen molar-refractivity contribution in [1.29, 1.82) is 0 Å². The minimum atomic E-state index is -0.570. The Morgan fingerprint density at radius 1 is 0.613 bits per heavy atom. The van der Waals surface area contributed by atoms with E-state index in [0.29, 0.717) is 0 Å². The summed E-state index contributed by atoms with van der Waals surface area (Å²) in [5, 5.41) is 18.9. The van der Waals surface area contributed by atoms with E-state index in [2.05, 4.69) is 13.8 Å². The molecular weight excluding hydrogens is 404 g/mol. The predicted molar refractivity (Wildman–Crippen MR) is 115 cm³/mol. The quantitative estimate of drug-likeness (QED) is 0.677. The lowest BCUT2D eigenvalue weighted by molar-refractivity contribution is -0.239. The Bertz CT molecular complexity index is 546. The first-order valence-corrected chi connectivity index (χ1v) is 11.2. The van der Waals surface area contributed by atoms with Crippen LogP contribution in [0.2, 0.25) is 0 Å². The third-order valence-electron chi connectivity index (χ3n) is 7.26. The highest BCUT2D eigenvalue weighted by Crippen LogP contribution is 2.47. The fourth-order valence-electron chi connectivity index (χ4n) is 5.05. The molecule has 4 unspecified atom stereocenters. The summed E-state index contributed by atoms with van der Waals surface area (Å²) in [5.41, 5.74) is -0.988. The number of fused-ring (bicyclic) bond motifs is 2. The molecule has 0 spiro atoms. The van der Waals surface area contributed by atoms with Crippen LogP contribution in [-0.2, 0) is 28.4 Å². The van der Waals surface area contributed by atoms with Crippen molar-refractivity contribution in [1.82, 2.24) is 0 Å². The first-order chi connectivity index (χ1) is 13.9. The smallest absolute Gasteiger partial charge is 0.188 e. The van der Waals surface area contributed by atoms with E-state index in [-0.39, 0.29) is 57.3 Å². The molecule has 0 aromatic heterocycles. The fraction of sp³-hybridized carbons (Fsp3) is 1.00. The second-order valence-electron chi connectivity index (χ2n) is 9.90. The van der Waals surface area contributed by atoms with Gasteiger partial charge in [0, 0.05) is 11.8 Å². The Morgan fingerprint density at radius 2 is 0.935 bits per heavy atom. The van der Waals surface area contributed by atoms with Crippen LogP contribution in [0.1, 0.15) is 75.7 Å². The summed E-state index contributed by atoms with van der Waals surface area (Å²) < 4.78 is 34.5. The molecule has 4 aliphatic heterocycles. The van der Waals surface area contributed by atoms with Crippen molar-refractivity contribution in [2.45, 2.75) is 123 Å². The van der Waals surface area contributed by atoms with Crippen LogP contribution >= 0.6 is 0 Å². The molecule has 0 aromatic carbocycles. The zero-order valence-electron chi connectivity index (χ0n) is 19.6. The van der Waals surface area contributed by atoms with Gasteiger partial charge in [-0.05, 0) is 40.5 Å². The number of rotatable bonds is 4. The molecule has 4 saturated heterocycles. The average molecular weight is 449 g/mol. The van der Waals surface area contributed by atoms with Gasteiger partial charge in [0.25, 0.3) is 0 Å². The van der Waals surface area contributed by atoms with Crippen LogP contribution in [0, 0.1) is 11.8 Å². The van der Waals surface area contributed by atoms with Crippen molar-refractivity contribution in [3.8, 4) is 0 Å². The van der Waals surface area contributed by atoms with Gasteiger partial charge < -0.3 is 38.6 Å². The van der Waals surface area contributed by atoms with Gasteiger partial charge in [0.1, 0.15) is 12.2 Å². The summed E-state index contributed by atoms with van der Waals surface area (Å²) in [5.74, 6) is -0.837. The molecule has 184 valence electrons. The zero-order valence-corrected chi connectivity index (χ0v) is 19.6. The topological polar surface area (TPSA) is 95.8 Å². The molecule has 0 aliphatic carbocycles. The predicted octanol–water partition coefficient (Wildman–Crippen LogP) is 3.18. The van der Waals surface area contributed by atoms with Crippen molar-refractivity contribution in [3.63, 3.8) is 0 Å². The van der Waals surface area contributed by atoms with Gasteiger partial charge >= 0.3 is 0 Å². The monoisotopic (exact) mass is 448 g/mol. The zero-order chi connectivity index (χ0) is 22.5. The maximum absolute atomic E-state index is 9.44. The van der Waals surface area contributed by atoms with Gasteiger partial charge in [0.2, 0.25) is 0 Å². The van der Waals surface area contributed by atoms with Gasteiger partial charge in [-0.3, -0.25) is 0 Å². The highest BCUT2D eigenvalue weighted by molar-refractivity contribution is 5.00. The van der Waals surface area contributed by atoms with E-state index in [1.807, 2.05) is 41.5 Å². The van der Waals surface area contributed by atoms with Gasteiger partial charge in [0.15, 0.2) is 24.2 Å². The van der Waals surface area contributed by atoms with E-state index < -0.39 is 22.8 Å². The third kappa shape index (κ3) is 4.68. The van der Waals surface area contributed by atoms with Crippen molar-refractivity contribution < 1.29 is 38.6 Å². The van der Waals surface area contributed by atoms with Crippen molar-refractivity contribution in [3.05, 3.63) is 0 Å². The standard InChI is InChI=1S/2C11H20O4.CH4/c2*1-5-11(6-12)7(2)8-9(15-11)14-10(3,4)13-8;/h2*7-9,12H,5-6H2,1-4H3;1H4/t2*7?,8?,9-,11+;/m11./s1. The van der Waals surface area contributed by atoms with Crippen LogP contribution in [0.25, 0.3) is 0 Å². The lowest BCUT2D eigenvalue weighted by atomic mass is 9.86. The molecule has 31 heavy (non-hydrogen) atoms. The van der Waals surface area contributed by atoms with Crippen molar-refractivity contribution in [2.24, 2.45) is 11.8 Å². The fourth-order valence-corrected chi connectivity index (χ4v) is 5.05. The molecular formula is C23H44O8. The number of aliphatic hydroxyl groups excluding tert-OH is 2. The van der Waals surface area contributed by atoms with E-state index >= 15 is 0 Å². The Balaban J connectivity index is 0.000000213. The van der Waals surface area contributed by atoms with Crippen LogP contribution in [0.4, 0.5) is 0 Å². The second kappa shape index (κ2) is 9.14. The van der Waals surface area contributed by atoms with Gasteiger partial charge in [-0.25, -0.2) is 0 Å². The van der Waals surface area contributed by atoms with Gasteiger partial charge in [-0.1, -0.05) is 35.1 Å². The molecule has 0 amide bonds. The maximum atomic E-state index is 9.44. The van der Waals surface area contributed by atoms with E-state index in [1.54, 1.807) is 0 Å². The van der Waals surface area contributed by atoms with Gasteiger partial charge in [0.05, 0.1) is 24.4 Å². The minimum absolute atomic E-state index is 0. The Labute approximate surface area is 187 Å². The average Bonchev–Trinajstić information content (AvgIpc) is 3.32. The highest BCUT2D eigenvalue weighted by Gasteiger charge is 2.60. The molecule has 8 nitrogen and oxygen atoms in total. The number of aliphatic hydroxyl groups is 2. The molecule has 4 fully saturated rings. The Hall–Kier alpha value is -0.320. The summed E-state index contributed by atoms with van der Waals surface area (Å²) in [7, 11) is 0. The van der Waals surface area contributed by atoms with Gasteiger partial charge in [-0.2, -0.15) is 0 Å². The lowest BCUT2D eigenvalue weighted by Gasteiger charge is -2.32. The molecule has 8 heteroatoms. The number of hydrogen-bond donors (Lipinski definition) is 2. The third-order valence-corrected chi connectivity index (χ3v) is 7.26. The highest BCUT2D eigenvalue weighted by atomic mass is 16.8. The first kappa shape index (κ1) is 26.9. The summed E-state index contributed by atoms with van der Waals surface area (Å²) in [6.45, 7) is 15.7. The van der Waals surface area contributed by atoms with E-state index in [0.717, 1.165) is 12.8 Å². The lowest BCUT2D eigenvalue weighted by Crippen LogP contribution is -2.42. The Kier molecular flexibility index (Phi) is 7.94. The second-order valence-corrected chi connectivity index (χ2v) is 9.90. The maximum Gasteiger partial charge on any atom is 0.188 e. The van der Waals surface area contributed by atoms with E-state index in [9.17, 15) is 10.2 Å². The molecule has 0 aromatic rings. The molecule has 4 rings (SSSR count). The van der Waals surface area contributed by atoms with Crippen molar-refractivity contribution >= 4 is 0 Å². The molecule has 0 bridgehead atoms. The van der Waals surface area contributed by atoms with Gasteiger partial charge in [-0.15, -0.1) is 0 Å². The number of ether oxygens (including phenoxy) is 6. The normalized spacial score (nSPS) is 46.6. The molecule has 8 atom stereocenters. The van der Waals surface area contributed by atoms with E-state index in [4.69, 9.17) is 28.4 Å². The molecule has 0 saturated carbocycles. The number of hydrogen-bond acceptors (Lipinski definition) is 8. The minimum Gasteiger partial charge on any atom is -0.393 e. The summed E-state index contributed by atoms with van der Waals surface area (Å²) in [6.07, 6.45) is 0.749. The van der Waals surface area contributed by atoms with Crippen LogP contribution in [0.15, 0.2) is 0 Å². The summed E-state index contributed by atoms with van der Waals surface area (Å²) in [6, 6.07) is 0. The first-order valence-electron chi connectivity index (χ1n) is 11.2. The Morgan fingerprint density at radius 3 is 1.16 bits per heavy atom. The summed E-state index contributed by atoms with van der Waals surface area (Å²) >= 11 is 0. The SMILES string of the molecule is C.CC[C@@]1(CO)O[C@H]2OC(C)(C)OC2C1C.CC[C@@]1(CO)O[C@H]2OC(C)(C)OC2C1C. The van der Waals surface area contributed by atoms with Crippen LogP contribution in [0.3, 0.4) is 0 Å². The molecule has 2 N–H and O–H groups in total.